The second-order valence-corrected chi connectivity index (χ2v) is 4.77. The molecule has 0 unspecified atom stereocenters. The molecule has 8 heteroatoms. The van der Waals surface area contributed by atoms with E-state index in [1.807, 2.05) is 0 Å². The predicted octanol–water partition coefficient (Wildman–Crippen LogP) is 2.82. The van der Waals surface area contributed by atoms with Gasteiger partial charge in [-0.2, -0.15) is 13.2 Å². The van der Waals surface area contributed by atoms with Crippen molar-refractivity contribution in [3.8, 4) is 5.75 Å². The highest BCUT2D eigenvalue weighted by atomic mass is 19.4. The molecule has 5 nitrogen and oxygen atoms in total. The fraction of sp³-hybridized carbons (Fsp3) is 0.125. The normalized spacial score (nSPS) is 11.0. The molecular formula is C16H13F3N2O3. The second-order valence-electron chi connectivity index (χ2n) is 4.77. The summed E-state index contributed by atoms with van der Waals surface area (Å²) < 4.78 is 43.7. The maximum atomic E-state index is 12.8. The van der Waals surface area contributed by atoms with Crippen LogP contribution in [0.2, 0.25) is 0 Å². The van der Waals surface area contributed by atoms with E-state index in [4.69, 9.17) is 10.5 Å². The quantitative estimate of drug-likeness (QED) is 0.879. The van der Waals surface area contributed by atoms with E-state index in [0.717, 1.165) is 12.1 Å². The van der Waals surface area contributed by atoms with Crippen LogP contribution in [0.4, 0.5) is 18.9 Å². The third-order valence-electron chi connectivity index (χ3n) is 3.02. The molecule has 0 spiro atoms. The lowest BCUT2D eigenvalue weighted by atomic mass is 10.1. The van der Waals surface area contributed by atoms with Crippen molar-refractivity contribution in [2.45, 2.75) is 6.18 Å². The van der Waals surface area contributed by atoms with Gasteiger partial charge in [-0.15, -0.1) is 0 Å². The zero-order valence-electron chi connectivity index (χ0n) is 12.3. The lowest BCUT2D eigenvalue weighted by molar-refractivity contribution is -0.137. The maximum Gasteiger partial charge on any atom is 0.418 e. The van der Waals surface area contributed by atoms with Gasteiger partial charge in [-0.1, -0.05) is 12.1 Å². The number of amides is 2. The number of nitrogens with two attached hydrogens (primary N) is 1. The predicted molar refractivity (Wildman–Crippen MR) is 80.5 cm³/mol. The number of halogens is 3. The largest absolute Gasteiger partial charge is 0.484 e. The number of alkyl halides is 3. The Kier molecular flexibility index (Phi) is 5.08. The minimum absolute atomic E-state index is 0.269. The van der Waals surface area contributed by atoms with Crippen LogP contribution >= 0.6 is 0 Å². The van der Waals surface area contributed by atoms with Gasteiger partial charge in [0.1, 0.15) is 5.75 Å². The number of benzene rings is 2. The average Bonchev–Trinajstić information content (AvgIpc) is 2.53. The zero-order chi connectivity index (χ0) is 17.7. The summed E-state index contributed by atoms with van der Waals surface area (Å²) >= 11 is 0. The van der Waals surface area contributed by atoms with Crippen LogP contribution in [-0.4, -0.2) is 18.4 Å². The van der Waals surface area contributed by atoms with Crippen molar-refractivity contribution >= 4 is 17.5 Å². The summed E-state index contributed by atoms with van der Waals surface area (Å²) in [7, 11) is 0. The van der Waals surface area contributed by atoms with Gasteiger partial charge in [0.25, 0.3) is 5.91 Å². The van der Waals surface area contributed by atoms with E-state index in [9.17, 15) is 22.8 Å². The number of rotatable bonds is 5. The molecule has 0 aliphatic carbocycles. The molecule has 0 aromatic heterocycles. The van der Waals surface area contributed by atoms with E-state index in [1.165, 1.54) is 36.4 Å². The molecule has 24 heavy (non-hydrogen) atoms. The summed E-state index contributed by atoms with van der Waals surface area (Å²) in [4.78, 5) is 22.7. The van der Waals surface area contributed by atoms with Crippen molar-refractivity contribution in [1.82, 2.24) is 0 Å². The molecule has 2 aromatic carbocycles. The van der Waals surface area contributed by atoms with Crippen LogP contribution in [0.15, 0.2) is 48.5 Å². The molecule has 3 N–H and O–H groups in total. The van der Waals surface area contributed by atoms with Crippen molar-refractivity contribution in [3.05, 3.63) is 59.7 Å². The number of carbonyl (C=O) groups excluding carboxylic acids is 2. The summed E-state index contributed by atoms with van der Waals surface area (Å²) in [5.74, 6) is -1.08. The fourth-order valence-corrected chi connectivity index (χ4v) is 1.89. The summed E-state index contributed by atoms with van der Waals surface area (Å²) in [6.07, 6.45) is -4.57. The Morgan fingerprint density at radius 1 is 1.04 bits per heavy atom. The molecule has 0 atom stereocenters. The molecular weight excluding hydrogens is 325 g/mol. The van der Waals surface area contributed by atoms with Crippen molar-refractivity contribution in [2.75, 3.05) is 11.9 Å². The van der Waals surface area contributed by atoms with E-state index < -0.39 is 30.2 Å². The minimum Gasteiger partial charge on any atom is -0.484 e. The van der Waals surface area contributed by atoms with Crippen LogP contribution in [0.3, 0.4) is 0 Å². The molecule has 2 rings (SSSR count). The summed E-state index contributed by atoms with van der Waals surface area (Å²) in [6, 6.07) is 10.3. The van der Waals surface area contributed by atoms with E-state index in [1.54, 1.807) is 0 Å². The number of anilines is 1. The smallest absolute Gasteiger partial charge is 0.418 e. The van der Waals surface area contributed by atoms with Gasteiger partial charge in [-0.25, -0.2) is 0 Å². The number of ether oxygens (including phenoxy) is 1. The Balaban J connectivity index is 1.98. The van der Waals surface area contributed by atoms with Crippen molar-refractivity contribution < 1.29 is 27.5 Å². The van der Waals surface area contributed by atoms with Crippen molar-refractivity contribution in [1.29, 1.82) is 0 Å². The van der Waals surface area contributed by atoms with Gasteiger partial charge in [0.05, 0.1) is 11.3 Å². The number of para-hydroxylation sites is 1. The highest BCUT2D eigenvalue weighted by Gasteiger charge is 2.33. The van der Waals surface area contributed by atoms with Gasteiger partial charge >= 0.3 is 6.18 Å². The number of primary amides is 1. The Bertz CT molecular complexity index is 743. The third-order valence-corrected chi connectivity index (χ3v) is 3.02. The highest BCUT2D eigenvalue weighted by molar-refractivity contribution is 5.93. The topological polar surface area (TPSA) is 81.4 Å². The molecule has 0 fully saturated rings. The standard InChI is InChI=1S/C16H13F3N2O3/c17-16(18,19)12-3-1-2-4-13(12)21-14(22)9-24-11-7-5-10(6-8-11)15(20)23/h1-8H,9H2,(H2,20,23)(H,21,22). The summed E-state index contributed by atoms with van der Waals surface area (Å²) in [5.41, 5.74) is 4.07. The van der Waals surface area contributed by atoms with E-state index in [-0.39, 0.29) is 17.0 Å². The molecule has 0 radical (unpaired) electrons. The van der Waals surface area contributed by atoms with Crippen LogP contribution in [0.5, 0.6) is 5.75 Å². The summed E-state index contributed by atoms with van der Waals surface area (Å²) in [6.45, 7) is -0.484. The van der Waals surface area contributed by atoms with Gasteiger partial charge in [-0.05, 0) is 36.4 Å². The lowest BCUT2D eigenvalue weighted by Gasteiger charge is -2.13. The molecule has 0 saturated heterocycles. The highest BCUT2D eigenvalue weighted by Crippen LogP contribution is 2.34. The maximum absolute atomic E-state index is 12.8. The van der Waals surface area contributed by atoms with Gasteiger partial charge < -0.3 is 15.8 Å². The van der Waals surface area contributed by atoms with E-state index in [0.29, 0.717) is 0 Å². The number of carbonyl (C=O) groups is 2. The minimum atomic E-state index is -4.57. The first-order valence-corrected chi connectivity index (χ1v) is 6.76. The van der Waals surface area contributed by atoms with Crippen LogP contribution in [0.1, 0.15) is 15.9 Å². The van der Waals surface area contributed by atoms with Gasteiger partial charge in [0.15, 0.2) is 6.61 Å². The van der Waals surface area contributed by atoms with Crippen LogP contribution in [0, 0.1) is 0 Å². The first-order chi connectivity index (χ1) is 11.3. The van der Waals surface area contributed by atoms with Crippen molar-refractivity contribution in [3.63, 3.8) is 0 Å². The molecule has 126 valence electrons. The Hall–Kier alpha value is -3.03. The van der Waals surface area contributed by atoms with Gasteiger partial charge in [0.2, 0.25) is 5.91 Å². The van der Waals surface area contributed by atoms with Gasteiger partial charge in [0, 0.05) is 5.56 Å². The van der Waals surface area contributed by atoms with Crippen LogP contribution < -0.4 is 15.8 Å². The van der Waals surface area contributed by atoms with Gasteiger partial charge in [-0.3, -0.25) is 9.59 Å². The molecule has 0 saturated carbocycles. The fourth-order valence-electron chi connectivity index (χ4n) is 1.89. The first kappa shape index (κ1) is 17.3. The SMILES string of the molecule is NC(=O)c1ccc(OCC(=O)Nc2ccccc2C(F)(F)F)cc1. The Morgan fingerprint density at radius 2 is 1.67 bits per heavy atom. The molecule has 0 heterocycles. The second kappa shape index (κ2) is 7.03. The number of hydrogen-bond donors (Lipinski definition) is 2. The van der Waals surface area contributed by atoms with Crippen molar-refractivity contribution in [2.24, 2.45) is 5.73 Å². The lowest BCUT2D eigenvalue weighted by Crippen LogP contribution is -2.22. The Labute approximate surface area is 135 Å². The third kappa shape index (κ3) is 4.48. The first-order valence-electron chi connectivity index (χ1n) is 6.76. The molecule has 2 aromatic rings. The molecule has 0 bridgehead atoms. The monoisotopic (exact) mass is 338 g/mol. The Morgan fingerprint density at radius 3 is 2.25 bits per heavy atom. The van der Waals surface area contributed by atoms with E-state index in [2.05, 4.69) is 5.32 Å². The van der Waals surface area contributed by atoms with Crippen LogP contribution in [0.25, 0.3) is 0 Å². The number of nitrogens with one attached hydrogen (secondary N) is 1. The molecule has 2 amide bonds. The molecule has 0 aliphatic heterocycles. The zero-order valence-corrected chi connectivity index (χ0v) is 12.3. The van der Waals surface area contributed by atoms with E-state index >= 15 is 0 Å². The van der Waals surface area contributed by atoms with Crippen LogP contribution in [-0.2, 0) is 11.0 Å². The molecule has 0 aliphatic rings. The summed E-state index contributed by atoms with van der Waals surface area (Å²) in [5, 5.41) is 2.16. The number of hydrogen-bond acceptors (Lipinski definition) is 3. The average molecular weight is 338 g/mol.